The first-order chi connectivity index (χ1) is 24.5. The molecule has 0 saturated heterocycles. The third kappa shape index (κ3) is 16.4. The summed E-state index contributed by atoms with van der Waals surface area (Å²) in [7, 11) is 0. The molecule has 7 nitrogen and oxygen atoms in total. The summed E-state index contributed by atoms with van der Waals surface area (Å²) in [6.07, 6.45) is 33.5. The van der Waals surface area contributed by atoms with Gasteiger partial charge < -0.3 is 35.7 Å². The molecule has 1 atom stereocenters. The molecule has 0 radical (unpaired) electrons. The van der Waals surface area contributed by atoms with E-state index in [0.717, 1.165) is 44.9 Å². The first-order valence-electron chi connectivity index (χ1n) is 21.8. The summed E-state index contributed by atoms with van der Waals surface area (Å²) in [6.45, 7) is -0.602. The maximum atomic E-state index is 10.8. The van der Waals surface area contributed by atoms with E-state index in [1.807, 2.05) is 0 Å². The van der Waals surface area contributed by atoms with Crippen molar-refractivity contribution in [2.24, 2.45) is 22.2 Å². The Morgan fingerprint density at radius 3 is 0.920 bits per heavy atom. The van der Waals surface area contributed by atoms with Crippen LogP contribution in [0.25, 0.3) is 0 Å². The van der Waals surface area contributed by atoms with E-state index in [4.69, 9.17) is 0 Å². The van der Waals surface area contributed by atoms with Gasteiger partial charge in [-0.25, -0.2) is 0 Å². The number of hydrogen-bond acceptors (Lipinski definition) is 7. The van der Waals surface area contributed by atoms with Crippen molar-refractivity contribution in [2.45, 2.75) is 205 Å². The lowest BCUT2D eigenvalue weighted by molar-refractivity contribution is -0.183. The predicted molar refractivity (Wildman–Crippen MR) is 208 cm³/mol. The average molecular weight is 715 g/mol. The first kappa shape index (κ1) is 47.7. The number of aliphatic hydroxyl groups is 7. The Morgan fingerprint density at radius 1 is 0.320 bits per heavy atom. The van der Waals surface area contributed by atoms with E-state index in [1.165, 1.54) is 116 Å². The molecule has 1 saturated carbocycles. The molecule has 1 rings (SSSR count). The third-order valence-electron chi connectivity index (χ3n) is 13.3. The van der Waals surface area contributed by atoms with Gasteiger partial charge in [0.15, 0.2) is 0 Å². The van der Waals surface area contributed by atoms with Crippen molar-refractivity contribution >= 4 is 0 Å². The van der Waals surface area contributed by atoms with Crippen LogP contribution in [0, 0.1) is 22.2 Å². The lowest BCUT2D eigenvalue weighted by Crippen LogP contribution is -2.59. The minimum atomic E-state index is -0.762. The van der Waals surface area contributed by atoms with E-state index in [1.54, 1.807) is 0 Å². The summed E-state index contributed by atoms with van der Waals surface area (Å²) in [6, 6.07) is 0. The van der Waals surface area contributed by atoms with Crippen molar-refractivity contribution in [3.63, 3.8) is 0 Å². The first-order valence-corrected chi connectivity index (χ1v) is 21.8. The van der Waals surface area contributed by atoms with E-state index in [9.17, 15) is 35.7 Å². The molecule has 0 aromatic carbocycles. The standard InChI is InChI=1S/C43H86O7/c44-33-25-40-24-22-20-18-16-14-12-10-8-6-4-2-1-3-5-7-9-11-13-15-17-19-21-23-26-41(27-34-45,28-35-46)43(31-38-49,32-39-50)42(40,29-36-47)30-37-48/h40,44-50H,1-39H2. The van der Waals surface area contributed by atoms with Gasteiger partial charge in [-0.1, -0.05) is 148 Å². The van der Waals surface area contributed by atoms with Crippen LogP contribution in [0.4, 0.5) is 0 Å². The second kappa shape index (κ2) is 31.1. The summed E-state index contributed by atoms with van der Waals surface area (Å²) in [5.41, 5.74) is -2.07. The Labute approximate surface area is 309 Å². The molecule has 7 heteroatoms. The van der Waals surface area contributed by atoms with E-state index >= 15 is 0 Å². The summed E-state index contributed by atoms with van der Waals surface area (Å²) < 4.78 is 0. The van der Waals surface area contributed by atoms with Gasteiger partial charge in [0.2, 0.25) is 0 Å². The molecular weight excluding hydrogens is 628 g/mol. The number of aliphatic hydroxyl groups excluding tert-OH is 7. The fourth-order valence-corrected chi connectivity index (χ4v) is 10.8. The maximum Gasteiger partial charge on any atom is 0.0436 e. The quantitative estimate of drug-likeness (QED) is 0.0952. The largest absolute Gasteiger partial charge is 0.396 e. The zero-order valence-corrected chi connectivity index (χ0v) is 32.8. The topological polar surface area (TPSA) is 142 Å². The summed E-state index contributed by atoms with van der Waals surface area (Å²) in [5.74, 6) is -0.0438. The molecule has 0 amide bonds. The second-order valence-corrected chi connectivity index (χ2v) is 16.2. The van der Waals surface area contributed by atoms with E-state index in [0.29, 0.717) is 44.9 Å². The molecule has 0 aromatic heterocycles. The van der Waals surface area contributed by atoms with Gasteiger partial charge in [0.05, 0.1) is 0 Å². The van der Waals surface area contributed by atoms with Gasteiger partial charge in [-0.3, -0.25) is 0 Å². The van der Waals surface area contributed by atoms with Crippen LogP contribution in [0.15, 0.2) is 0 Å². The molecule has 1 fully saturated rings. The van der Waals surface area contributed by atoms with Crippen molar-refractivity contribution in [2.75, 3.05) is 46.2 Å². The summed E-state index contributed by atoms with van der Waals surface area (Å²) in [4.78, 5) is 0. The highest BCUT2D eigenvalue weighted by Gasteiger charge is 2.62. The number of hydrogen-bond donors (Lipinski definition) is 7. The predicted octanol–water partition coefficient (Wildman–Crippen LogP) is 9.00. The Balaban J connectivity index is 3.43. The minimum absolute atomic E-state index is 0.00932. The van der Waals surface area contributed by atoms with Crippen LogP contribution in [0.5, 0.6) is 0 Å². The van der Waals surface area contributed by atoms with Crippen molar-refractivity contribution in [3.8, 4) is 0 Å². The van der Waals surface area contributed by atoms with Crippen molar-refractivity contribution in [1.82, 2.24) is 0 Å². The van der Waals surface area contributed by atoms with Crippen molar-refractivity contribution < 1.29 is 35.7 Å². The fraction of sp³-hybridized carbons (Fsp3) is 1.00. The van der Waals surface area contributed by atoms with Crippen LogP contribution in [-0.2, 0) is 0 Å². The molecular formula is C43H86O7. The van der Waals surface area contributed by atoms with Gasteiger partial charge in [0, 0.05) is 46.2 Å². The zero-order chi connectivity index (χ0) is 36.7. The van der Waals surface area contributed by atoms with Gasteiger partial charge in [-0.05, 0) is 80.0 Å². The molecule has 0 aliphatic heterocycles. The minimum Gasteiger partial charge on any atom is -0.396 e. The van der Waals surface area contributed by atoms with E-state index in [-0.39, 0.29) is 52.2 Å². The molecule has 0 heterocycles. The van der Waals surface area contributed by atoms with Crippen LogP contribution < -0.4 is 0 Å². The highest BCUT2D eigenvalue weighted by Crippen LogP contribution is 2.67. The Kier molecular flexibility index (Phi) is 29.7. The van der Waals surface area contributed by atoms with Crippen LogP contribution in [0.2, 0.25) is 0 Å². The van der Waals surface area contributed by atoms with Gasteiger partial charge in [-0.2, -0.15) is 0 Å². The normalized spacial score (nSPS) is 23.7. The Bertz CT molecular complexity index is 714. The van der Waals surface area contributed by atoms with Crippen molar-refractivity contribution in [1.29, 1.82) is 0 Å². The highest BCUT2D eigenvalue weighted by molar-refractivity contribution is 5.10. The van der Waals surface area contributed by atoms with Crippen LogP contribution in [0.1, 0.15) is 205 Å². The molecule has 1 aliphatic carbocycles. The highest BCUT2D eigenvalue weighted by atomic mass is 16.3. The van der Waals surface area contributed by atoms with Crippen LogP contribution in [0.3, 0.4) is 0 Å². The third-order valence-corrected chi connectivity index (χ3v) is 13.3. The monoisotopic (exact) mass is 715 g/mol. The second-order valence-electron chi connectivity index (χ2n) is 16.2. The molecule has 1 unspecified atom stereocenters. The van der Waals surface area contributed by atoms with Gasteiger partial charge in [0.1, 0.15) is 0 Å². The fourth-order valence-electron chi connectivity index (χ4n) is 10.8. The van der Waals surface area contributed by atoms with Crippen molar-refractivity contribution in [3.05, 3.63) is 0 Å². The Morgan fingerprint density at radius 2 is 0.620 bits per heavy atom. The van der Waals surface area contributed by atoms with Gasteiger partial charge in [-0.15, -0.1) is 0 Å². The maximum absolute atomic E-state index is 10.8. The van der Waals surface area contributed by atoms with Crippen LogP contribution >= 0.6 is 0 Å². The SMILES string of the molecule is OCCC1CCCCCCCCCCCCCCCCCCCCCCCCCC(CCO)(CCO)C(CCO)(CCO)C1(CCO)CCO. The lowest BCUT2D eigenvalue weighted by atomic mass is 9.40. The molecule has 7 N–H and O–H groups in total. The Hall–Kier alpha value is -0.280. The van der Waals surface area contributed by atoms with Gasteiger partial charge in [0.25, 0.3) is 0 Å². The molecule has 50 heavy (non-hydrogen) atoms. The molecule has 1 aliphatic rings. The summed E-state index contributed by atoms with van der Waals surface area (Å²) >= 11 is 0. The number of rotatable bonds is 14. The molecule has 0 bridgehead atoms. The van der Waals surface area contributed by atoms with E-state index < -0.39 is 16.2 Å². The zero-order valence-electron chi connectivity index (χ0n) is 32.8. The van der Waals surface area contributed by atoms with E-state index in [2.05, 4.69) is 0 Å². The molecule has 0 spiro atoms. The molecule has 300 valence electrons. The molecule has 0 aromatic rings. The lowest BCUT2D eigenvalue weighted by Gasteiger charge is -2.64. The van der Waals surface area contributed by atoms with Crippen LogP contribution in [-0.4, -0.2) is 82.0 Å². The average Bonchev–Trinajstić information content (AvgIpc) is 3.10. The smallest absolute Gasteiger partial charge is 0.0436 e. The summed E-state index contributed by atoms with van der Waals surface area (Å²) in [5, 5.41) is 74.8. The van der Waals surface area contributed by atoms with Gasteiger partial charge >= 0.3 is 0 Å².